The molecule has 0 radical (unpaired) electrons. The van der Waals surface area contributed by atoms with Gasteiger partial charge in [0.15, 0.2) is 0 Å². The first-order valence-electron chi connectivity index (χ1n) is 8.66. The molecule has 2 atom stereocenters. The fourth-order valence-electron chi connectivity index (χ4n) is 3.36. The zero-order valence-corrected chi connectivity index (χ0v) is 16.2. The van der Waals surface area contributed by atoms with Gasteiger partial charge < -0.3 is 13.3 Å². The van der Waals surface area contributed by atoms with E-state index in [1.54, 1.807) is 0 Å². The van der Waals surface area contributed by atoms with Gasteiger partial charge in [0.1, 0.15) is 5.78 Å². The maximum Gasteiger partial charge on any atom is 0.500 e. The largest absolute Gasteiger partial charge is 0.500 e. The Morgan fingerprint density at radius 2 is 1.68 bits per heavy atom. The quantitative estimate of drug-likeness (QED) is 0.456. The predicted octanol–water partition coefficient (Wildman–Crippen LogP) is 3.73. The number of hydrogen-bond donors (Lipinski definition) is 1. The van der Waals surface area contributed by atoms with Crippen molar-refractivity contribution in [3.8, 4) is 0 Å². The maximum absolute atomic E-state index is 11.9. The van der Waals surface area contributed by atoms with Crippen molar-refractivity contribution in [2.75, 3.05) is 25.6 Å². The van der Waals surface area contributed by atoms with E-state index in [9.17, 15) is 4.79 Å². The van der Waals surface area contributed by atoms with E-state index in [1.165, 1.54) is 6.42 Å². The first-order chi connectivity index (χ1) is 10.6. The molecule has 0 saturated heterocycles. The average Bonchev–Trinajstić information content (AvgIpc) is 2.53. The van der Waals surface area contributed by atoms with Gasteiger partial charge in [0.2, 0.25) is 0 Å². The summed E-state index contributed by atoms with van der Waals surface area (Å²) in [5.41, 5.74) is 0. The Bertz CT molecular complexity index is 310. The summed E-state index contributed by atoms with van der Waals surface area (Å²) in [7, 11) is -2.54. The molecule has 0 N–H and O–H groups in total. The van der Waals surface area contributed by atoms with E-state index in [1.807, 2.05) is 20.8 Å². The number of hydrogen-bond acceptors (Lipinski definition) is 5. The number of carbonyl (C=O) groups excluding carboxylic acids is 1. The molecule has 1 aliphatic rings. The van der Waals surface area contributed by atoms with Crippen LogP contribution in [-0.2, 0) is 18.1 Å². The van der Waals surface area contributed by atoms with E-state index in [0.29, 0.717) is 37.3 Å². The van der Waals surface area contributed by atoms with Crippen molar-refractivity contribution >= 4 is 27.2 Å². The van der Waals surface area contributed by atoms with Crippen LogP contribution in [0.4, 0.5) is 0 Å². The summed E-state index contributed by atoms with van der Waals surface area (Å²) in [5.74, 6) is 1.46. The van der Waals surface area contributed by atoms with Gasteiger partial charge in [-0.3, -0.25) is 4.79 Å². The first-order valence-corrected chi connectivity index (χ1v) is 11.2. The Morgan fingerprint density at radius 1 is 1.09 bits per heavy atom. The second kappa shape index (κ2) is 10.8. The van der Waals surface area contributed by atoms with Gasteiger partial charge in [0.05, 0.1) is 0 Å². The molecule has 0 aromatic heterocycles. The minimum Gasteiger partial charge on any atom is -0.374 e. The van der Waals surface area contributed by atoms with Gasteiger partial charge in [-0.25, -0.2) is 0 Å². The molecule has 1 aliphatic carbocycles. The number of carbonyl (C=O) groups is 1. The maximum atomic E-state index is 11.9. The molecule has 0 aromatic carbocycles. The molecule has 1 rings (SSSR count). The summed E-state index contributed by atoms with van der Waals surface area (Å²) in [6.07, 6.45) is 5.39. The summed E-state index contributed by atoms with van der Waals surface area (Å²) >= 11 is 4.13. The molecular weight excluding hydrogens is 316 g/mol. The second-order valence-corrected chi connectivity index (χ2v) is 8.92. The molecule has 0 spiro atoms. The molecule has 0 amide bonds. The minimum absolute atomic E-state index is 0.207. The van der Waals surface area contributed by atoms with E-state index in [-0.39, 0.29) is 5.92 Å². The van der Waals surface area contributed by atoms with Crippen LogP contribution in [-0.4, -0.2) is 40.2 Å². The molecule has 0 aliphatic heterocycles. The Morgan fingerprint density at radius 3 is 2.18 bits per heavy atom. The lowest BCUT2D eigenvalue weighted by atomic mass is 9.78. The normalized spacial score (nSPS) is 22.7. The van der Waals surface area contributed by atoms with Crippen LogP contribution in [0.5, 0.6) is 0 Å². The lowest BCUT2D eigenvalue weighted by Gasteiger charge is -2.32. The Balaban J connectivity index is 2.57. The Labute approximate surface area is 142 Å². The van der Waals surface area contributed by atoms with Crippen LogP contribution >= 0.6 is 12.6 Å². The lowest BCUT2D eigenvalue weighted by Crippen LogP contribution is -2.46. The summed E-state index contributed by atoms with van der Waals surface area (Å²) in [5, 5.41) is 0. The third-order valence-corrected chi connectivity index (χ3v) is 7.74. The van der Waals surface area contributed by atoms with Crippen LogP contribution in [0.2, 0.25) is 6.04 Å². The first kappa shape index (κ1) is 20.2. The van der Waals surface area contributed by atoms with Crippen molar-refractivity contribution in [3.63, 3.8) is 0 Å². The summed E-state index contributed by atoms with van der Waals surface area (Å²) in [6.45, 7) is 7.83. The average molecular weight is 349 g/mol. The Kier molecular flexibility index (Phi) is 9.91. The van der Waals surface area contributed by atoms with E-state index < -0.39 is 8.80 Å². The number of Topliss-reactive ketones (excluding diaryl/α,β-unsaturated/α-hetero) is 1. The molecule has 2 unspecified atom stereocenters. The van der Waals surface area contributed by atoms with Gasteiger partial charge >= 0.3 is 8.80 Å². The SMILES string of the molecule is CCO[Si](CCC1CCCC(C(=O)CS)C1)(OCC)OCC. The van der Waals surface area contributed by atoms with Crippen LogP contribution in [0.25, 0.3) is 0 Å². The molecule has 0 bridgehead atoms. The van der Waals surface area contributed by atoms with Gasteiger partial charge in [-0.15, -0.1) is 0 Å². The van der Waals surface area contributed by atoms with Gasteiger partial charge in [-0.1, -0.05) is 12.8 Å². The monoisotopic (exact) mass is 348 g/mol. The van der Waals surface area contributed by atoms with Crippen LogP contribution < -0.4 is 0 Å². The molecule has 4 nitrogen and oxygen atoms in total. The highest BCUT2D eigenvalue weighted by Gasteiger charge is 2.41. The highest BCUT2D eigenvalue weighted by molar-refractivity contribution is 7.81. The van der Waals surface area contributed by atoms with E-state index in [2.05, 4.69) is 12.6 Å². The molecule has 130 valence electrons. The van der Waals surface area contributed by atoms with Gasteiger partial charge in [0.25, 0.3) is 0 Å². The summed E-state index contributed by atoms with van der Waals surface area (Å²) in [6, 6.07) is 0.856. The number of ketones is 1. The van der Waals surface area contributed by atoms with Crippen molar-refractivity contribution in [1.82, 2.24) is 0 Å². The minimum atomic E-state index is -2.54. The van der Waals surface area contributed by atoms with Crippen molar-refractivity contribution < 1.29 is 18.1 Å². The number of rotatable bonds is 11. The molecule has 0 heterocycles. The number of thiol groups is 1. The molecule has 6 heteroatoms. The lowest BCUT2D eigenvalue weighted by molar-refractivity contribution is -0.121. The zero-order chi connectivity index (χ0) is 16.4. The van der Waals surface area contributed by atoms with E-state index in [0.717, 1.165) is 31.7 Å². The summed E-state index contributed by atoms with van der Waals surface area (Å²) in [4.78, 5) is 11.9. The van der Waals surface area contributed by atoms with Crippen LogP contribution in [0.3, 0.4) is 0 Å². The van der Waals surface area contributed by atoms with Crippen molar-refractivity contribution in [2.24, 2.45) is 11.8 Å². The highest BCUT2D eigenvalue weighted by atomic mass is 32.1. The molecule has 22 heavy (non-hydrogen) atoms. The fourth-order valence-corrected chi connectivity index (χ4v) is 6.38. The van der Waals surface area contributed by atoms with E-state index in [4.69, 9.17) is 13.3 Å². The Hall–Kier alpha value is 0.117. The van der Waals surface area contributed by atoms with Crippen molar-refractivity contribution in [3.05, 3.63) is 0 Å². The van der Waals surface area contributed by atoms with Crippen LogP contribution in [0.1, 0.15) is 52.9 Å². The third kappa shape index (κ3) is 6.32. The molecular formula is C16H32O4SSi. The van der Waals surface area contributed by atoms with Crippen LogP contribution in [0.15, 0.2) is 0 Å². The molecule has 1 saturated carbocycles. The predicted molar refractivity (Wildman–Crippen MR) is 94.4 cm³/mol. The van der Waals surface area contributed by atoms with Gasteiger partial charge in [-0.2, -0.15) is 12.6 Å². The topological polar surface area (TPSA) is 44.8 Å². The van der Waals surface area contributed by atoms with Gasteiger partial charge in [-0.05, 0) is 46.0 Å². The smallest absolute Gasteiger partial charge is 0.374 e. The summed E-state index contributed by atoms with van der Waals surface area (Å²) < 4.78 is 17.7. The highest BCUT2D eigenvalue weighted by Crippen LogP contribution is 2.34. The molecule has 1 fully saturated rings. The van der Waals surface area contributed by atoms with Crippen LogP contribution in [0, 0.1) is 11.8 Å². The van der Waals surface area contributed by atoms with Gasteiger partial charge in [0, 0.05) is 37.5 Å². The second-order valence-electron chi connectivity index (χ2n) is 5.87. The standard InChI is InChI=1S/C16H32O4SSi/c1-4-18-22(19-5-2,20-6-3)11-10-14-8-7-9-15(12-14)16(17)13-21/h14-15,21H,4-13H2,1-3H3. The fraction of sp³-hybridized carbons (Fsp3) is 0.938. The third-order valence-electron chi connectivity index (χ3n) is 4.35. The zero-order valence-electron chi connectivity index (χ0n) is 14.3. The van der Waals surface area contributed by atoms with Crippen molar-refractivity contribution in [1.29, 1.82) is 0 Å². The molecule has 0 aromatic rings. The van der Waals surface area contributed by atoms with Crippen molar-refractivity contribution in [2.45, 2.75) is 58.9 Å². The van der Waals surface area contributed by atoms with E-state index >= 15 is 0 Å².